The second-order valence-electron chi connectivity index (χ2n) is 6.68. The zero-order chi connectivity index (χ0) is 21.0. The van der Waals surface area contributed by atoms with Crippen LogP contribution in [0.2, 0.25) is 5.02 Å². The van der Waals surface area contributed by atoms with Crippen LogP contribution in [0.3, 0.4) is 0 Å². The minimum atomic E-state index is -0.372. The van der Waals surface area contributed by atoms with Gasteiger partial charge in [-0.2, -0.15) is 0 Å². The number of aromatic nitrogens is 2. The Morgan fingerprint density at radius 3 is 2.69 bits per heavy atom. The smallest absolute Gasteiger partial charge is 0.261 e. The van der Waals surface area contributed by atoms with E-state index in [1.165, 1.54) is 10.9 Å². The van der Waals surface area contributed by atoms with Crippen LogP contribution in [0.25, 0.3) is 10.9 Å². The topological polar surface area (TPSA) is 93.1 Å². The Morgan fingerprint density at radius 1 is 1.17 bits per heavy atom. The molecule has 0 saturated carbocycles. The number of carbonyl (C=O) groups is 2. The van der Waals surface area contributed by atoms with E-state index in [4.69, 9.17) is 11.6 Å². The summed E-state index contributed by atoms with van der Waals surface area (Å²) in [6, 6.07) is 9.90. The number of anilines is 1. The molecule has 2 aromatic carbocycles. The van der Waals surface area contributed by atoms with E-state index < -0.39 is 0 Å². The molecule has 8 heteroatoms. The molecule has 0 radical (unpaired) electrons. The Morgan fingerprint density at radius 2 is 1.97 bits per heavy atom. The number of aryl methyl sites for hydroxylation is 1. The lowest BCUT2D eigenvalue weighted by Crippen LogP contribution is -2.28. The number of hydrogen-bond acceptors (Lipinski definition) is 4. The number of rotatable bonds is 6. The first-order valence-electron chi connectivity index (χ1n) is 9.22. The molecule has 3 aromatic rings. The summed E-state index contributed by atoms with van der Waals surface area (Å²) in [5, 5.41) is 6.38. The number of amides is 2. The molecule has 0 aliphatic carbocycles. The van der Waals surface area contributed by atoms with Crippen molar-refractivity contribution in [2.45, 2.75) is 26.8 Å². The van der Waals surface area contributed by atoms with E-state index in [0.29, 0.717) is 33.7 Å². The van der Waals surface area contributed by atoms with E-state index in [1.807, 2.05) is 13.8 Å². The molecule has 0 atom stereocenters. The van der Waals surface area contributed by atoms with Crippen molar-refractivity contribution in [3.8, 4) is 0 Å². The third-order valence-electron chi connectivity index (χ3n) is 4.39. The van der Waals surface area contributed by atoms with Crippen LogP contribution in [-0.2, 0) is 11.3 Å². The summed E-state index contributed by atoms with van der Waals surface area (Å²) in [7, 11) is 0. The maximum atomic E-state index is 12.7. The van der Waals surface area contributed by atoms with Crippen LogP contribution < -0.4 is 16.2 Å². The van der Waals surface area contributed by atoms with Crippen molar-refractivity contribution in [3.63, 3.8) is 0 Å². The molecule has 0 spiro atoms. The molecule has 0 aliphatic heterocycles. The zero-order valence-electron chi connectivity index (χ0n) is 16.2. The largest absolute Gasteiger partial charge is 0.352 e. The lowest BCUT2D eigenvalue weighted by molar-refractivity contribution is -0.116. The second-order valence-corrected chi connectivity index (χ2v) is 7.08. The van der Waals surface area contributed by atoms with Crippen LogP contribution in [0.5, 0.6) is 0 Å². The Hall–Kier alpha value is -3.19. The van der Waals surface area contributed by atoms with Gasteiger partial charge in [0.1, 0.15) is 6.54 Å². The first-order chi connectivity index (χ1) is 13.9. The summed E-state index contributed by atoms with van der Waals surface area (Å²) >= 11 is 6.07. The summed E-state index contributed by atoms with van der Waals surface area (Å²) < 4.78 is 1.23. The maximum Gasteiger partial charge on any atom is 0.261 e. The van der Waals surface area contributed by atoms with Gasteiger partial charge in [-0.05, 0) is 49.2 Å². The van der Waals surface area contributed by atoms with Crippen molar-refractivity contribution in [2.75, 3.05) is 11.9 Å². The third kappa shape index (κ3) is 4.81. The van der Waals surface area contributed by atoms with Crippen molar-refractivity contribution in [1.82, 2.24) is 14.9 Å². The van der Waals surface area contributed by atoms with Gasteiger partial charge in [0.05, 0.1) is 17.2 Å². The predicted molar refractivity (Wildman–Crippen MR) is 113 cm³/mol. The molecule has 0 saturated heterocycles. The summed E-state index contributed by atoms with van der Waals surface area (Å²) in [6.45, 7) is 4.22. The van der Waals surface area contributed by atoms with Crippen molar-refractivity contribution in [3.05, 3.63) is 69.2 Å². The zero-order valence-corrected chi connectivity index (χ0v) is 16.9. The predicted octanol–water partition coefficient (Wildman–Crippen LogP) is 3.14. The van der Waals surface area contributed by atoms with Crippen molar-refractivity contribution in [2.24, 2.45) is 0 Å². The molecule has 0 unspecified atom stereocenters. The number of benzene rings is 2. The molecule has 2 amide bonds. The number of nitrogens with one attached hydrogen (secondary N) is 2. The number of halogens is 1. The van der Waals surface area contributed by atoms with E-state index >= 15 is 0 Å². The van der Waals surface area contributed by atoms with Gasteiger partial charge in [0, 0.05) is 22.8 Å². The molecule has 0 fully saturated rings. The SMILES string of the molecule is CCCNC(=O)c1ccc2c(=O)n(CC(=O)Nc3ccc(C)c(Cl)c3)cnc2c1. The molecule has 3 rings (SSSR count). The minimum absolute atomic E-state index is 0.188. The summed E-state index contributed by atoms with van der Waals surface area (Å²) in [6.07, 6.45) is 2.14. The molecule has 1 aromatic heterocycles. The fraction of sp³-hybridized carbons (Fsp3) is 0.238. The Balaban J connectivity index is 1.78. The number of fused-ring (bicyclic) bond motifs is 1. The van der Waals surface area contributed by atoms with Crippen molar-refractivity contribution >= 4 is 40.0 Å². The van der Waals surface area contributed by atoms with E-state index in [-0.39, 0.29) is 23.9 Å². The van der Waals surface area contributed by atoms with Gasteiger partial charge in [0.15, 0.2) is 0 Å². The molecule has 150 valence electrons. The molecular weight excluding hydrogens is 392 g/mol. The highest BCUT2D eigenvalue weighted by Gasteiger charge is 2.12. The molecule has 0 bridgehead atoms. The van der Waals surface area contributed by atoms with Gasteiger partial charge in [0.2, 0.25) is 5.91 Å². The first-order valence-corrected chi connectivity index (χ1v) is 9.60. The van der Waals surface area contributed by atoms with E-state index in [2.05, 4.69) is 15.6 Å². The summed E-state index contributed by atoms with van der Waals surface area (Å²) in [5.41, 5.74) is 1.94. The number of carbonyl (C=O) groups excluding carboxylic acids is 2. The molecule has 0 aliphatic rings. The number of hydrogen-bond donors (Lipinski definition) is 2. The summed E-state index contributed by atoms with van der Waals surface area (Å²) in [4.78, 5) is 41.3. The fourth-order valence-electron chi connectivity index (χ4n) is 2.78. The highest BCUT2D eigenvalue weighted by molar-refractivity contribution is 6.31. The van der Waals surface area contributed by atoms with Crippen LogP contribution in [0, 0.1) is 6.92 Å². The van der Waals surface area contributed by atoms with Gasteiger partial charge in [0.25, 0.3) is 11.5 Å². The van der Waals surface area contributed by atoms with Gasteiger partial charge in [-0.15, -0.1) is 0 Å². The third-order valence-corrected chi connectivity index (χ3v) is 4.80. The van der Waals surface area contributed by atoms with Crippen LogP contribution in [-0.4, -0.2) is 27.9 Å². The summed E-state index contributed by atoms with van der Waals surface area (Å²) in [5.74, 6) is -0.584. The molecular formula is C21H21ClN4O3. The highest BCUT2D eigenvalue weighted by atomic mass is 35.5. The minimum Gasteiger partial charge on any atom is -0.352 e. The lowest BCUT2D eigenvalue weighted by Gasteiger charge is -2.09. The average molecular weight is 413 g/mol. The van der Waals surface area contributed by atoms with Crippen LogP contribution in [0.4, 0.5) is 5.69 Å². The van der Waals surface area contributed by atoms with Gasteiger partial charge < -0.3 is 10.6 Å². The van der Waals surface area contributed by atoms with Gasteiger partial charge in [-0.1, -0.05) is 24.6 Å². The van der Waals surface area contributed by atoms with Crippen molar-refractivity contribution in [1.29, 1.82) is 0 Å². The quantitative estimate of drug-likeness (QED) is 0.650. The van der Waals surface area contributed by atoms with Crippen LogP contribution in [0.15, 0.2) is 47.5 Å². The fourth-order valence-corrected chi connectivity index (χ4v) is 2.96. The Bertz CT molecular complexity index is 1140. The normalized spacial score (nSPS) is 10.7. The Labute approximate surface area is 172 Å². The lowest BCUT2D eigenvalue weighted by atomic mass is 10.1. The molecule has 7 nitrogen and oxygen atoms in total. The highest BCUT2D eigenvalue weighted by Crippen LogP contribution is 2.20. The monoisotopic (exact) mass is 412 g/mol. The average Bonchev–Trinajstić information content (AvgIpc) is 2.70. The van der Waals surface area contributed by atoms with Gasteiger partial charge >= 0.3 is 0 Å². The molecule has 2 N–H and O–H groups in total. The van der Waals surface area contributed by atoms with E-state index in [0.717, 1.165) is 12.0 Å². The van der Waals surface area contributed by atoms with Crippen LogP contribution >= 0.6 is 11.6 Å². The maximum absolute atomic E-state index is 12.7. The van der Waals surface area contributed by atoms with Crippen molar-refractivity contribution < 1.29 is 9.59 Å². The molecule has 1 heterocycles. The van der Waals surface area contributed by atoms with Gasteiger partial charge in [-0.3, -0.25) is 19.0 Å². The van der Waals surface area contributed by atoms with Crippen LogP contribution in [0.1, 0.15) is 29.3 Å². The van der Waals surface area contributed by atoms with E-state index in [1.54, 1.807) is 36.4 Å². The van der Waals surface area contributed by atoms with E-state index in [9.17, 15) is 14.4 Å². The second kappa shape index (κ2) is 8.87. The standard InChI is InChI=1S/C21H21ClN4O3/c1-3-8-23-20(28)14-5-7-16-18(9-14)24-12-26(21(16)29)11-19(27)25-15-6-4-13(2)17(22)10-15/h4-7,9-10,12H,3,8,11H2,1-2H3,(H,23,28)(H,25,27). The Kier molecular flexibility index (Phi) is 6.29. The first kappa shape index (κ1) is 20.5. The number of nitrogens with zero attached hydrogens (tertiary/aromatic N) is 2. The molecule has 29 heavy (non-hydrogen) atoms. The van der Waals surface area contributed by atoms with Gasteiger partial charge in [-0.25, -0.2) is 4.98 Å².